The molecule has 1 aliphatic heterocycles. The summed E-state index contributed by atoms with van der Waals surface area (Å²) in [5.74, 6) is 0.360. The van der Waals surface area contributed by atoms with Gasteiger partial charge in [-0.1, -0.05) is 6.07 Å². The van der Waals surface area contributed by atoms with Gasteiger partial charge < -0.3 is 20.1 Å². The molecule has 1 heterocycles. The lowest BCUT2D eigenvalue weighted by molar-refractivity contribution is -0.116. The summed E-state index contributed by atoms with van der Waals surface area (Å²) in [4.78, 5) is 24.7. The molecule has 0 radical (unpaired) electrons. The first kappa shape index (κ1) is 23.1. The average Bonchev–Trinajstić information content (AvgIpc) is 3.61. The molecule has 1 aliphatic carbocycles. The fourth-order valence-corrected chi connectivity index (χ4v) is 4.35. The fourth-order valence-electron chi connectivity index (χ4n) is 3.30. The number of fused-ring (bicyclic) bond motifs is 1. The second kappa shape index (κ2) is 9.80. The van der Waals surface area contributed by atoms with E-state index < -0.39 is 10.0 Å². The Hall–Kier alpha value is -3.11. The van der Waals surface area contributed by atoms with E-state index in [2.05, 4.69) is 15.4 Å². The highest BCUT2D eigenvalue weighted by Crippen LogP contribution is 2.31. The van der Waals surface area contributed by atoms with Gasteiger partial charge in [-0.25, -0.2) is 13.1 Å². The molecule has 2 aliphatic rings. The van der Waals surface area contributed by atoms with Gasteiger partial charge in [-0.15, -0.1) is 0 Å². The van der Waals surface area contributed by atoms with E-state index in [1.807, 2.05) is 6.92 Å². The van der Waals surface area contributed by atoms with Gasteiger partial charge in [0.25, 0.3) is 5.91 Å². The number of ether oxygens (including phenoxy) is 2. The molecule has 1 fully saturated rings. The standard InChI is InChI=1S/C23H27N3O6S/c1-15-3-4-16(23(28)25-17-5-6-17)13-19(15)26-22(27)9-10-24-33(29,30)18-7-8-20-21(14-18)32-12-2-11-31-20/h3-4,7-8,13-14,17,24H,2,5-6,9-12H2,1H3,(H,25,28)(H,26,27). The van der Waals surface area contributed by atoms with Crippen LogP contribution in [0.5, 0.6) is 11.5 Å². The highest BCUT2D eigenvalue weighted by Gasteiger charge is 2.24. The summed E-state index contributed by atoms with van der Waals surface area (Å²) in [6, 6.07) is 9.78. The van der Waals surface area contributed by atoms with Crippen LogP contribution < -0.4 is 24.8 Å². The van der Waals surface area contributed by atoms with Gasteiger partial charge in [0.15, 0.2) is 11.5 Å². The number of aryl methyl sites for hydroxylation is 1. The van der Waals surface area contributed by atoms with Crippen LogP contribution in [-0.4, -0.2) is 46.0 Å². The van der Waals surface area contributed by atoms with Crippen LogP contribution in [-0.2, 0) is 14.8 Å². The van der Waals surface area contributed by atoms with Crippen LogP contribution in [0.15, 0.2) is 41.3 Å². The zero-order chi connectivity index (χ0) is 23.4. The Kier molecular flexibility index (Phi) is 6.85. The van der Waals surface area contributed by atoms with Crippen molar-refractivity contribution in [2.45, 2.75) is 43.5 Å². The minimum absolute atomic E-state index is 0.0392. The van der Waals surface area contributed by atoms with Crippen molar-refractivity contribution in [3.05, 3.63) is 47.5 Å². The highest BCUT2D eigenvalue weighted by atomic mass is 32.2. The SMILES string of the molecule is Cc1ccc(C(=O)NC2CC2)cc1NC(=O)CCNS(=O)(=O)c1ccc2c(c1)OCCCO2. The van der Waals surface area contributed by atoms with Crippen molar-refractivity contribution in [2.75, 3.05) is 25.1 Å². The molecule has 1 saturated carbocycles. The molecule has 2 amide bonds. The summed E-state index contributed by atoms with van der Waals surface area (Å²) in [6.07, 6.45) is 2.63. The zero-order valence-corrected chi connectivity index (χ0v) is 19.2. The zero-order valence-electron chi connectivity index (χ0n) is 18.3. The van der Waals surface area contributed by atoms with E-state index in [0.717, 1.165) is 24.8 Å². The molecule has 2 aromatic carbocycles. The number of anilines is 1. The predicted octanol–water partition coefficient (Wildman–Crippen LogP) is 2.36. The van der Waals surface area contributed by atoms with Gasteiger partial charge in [-0.3, -0.25) is 9.59 Å². The van der Waals surface area contributed by atoms with Crippen molar-refractivity contribution in [2.24, 2.45) is 0 Å². The molecule has 0 bridgehead atoms. The number of carbonyl (C=O) groups is 2. The molecule has 0 aromatic heterocycles. The predicted molar refractivity (Wildman–Crippen MR) is 122 cm³/mol. The van der Waals surface area contributed by atoms with E-state index in [4.69, 9.17) is 9.47 Å². The average molecular weight is 474 g/mol. The summed E-state index contributed by atoms with van der Waals surface area (Å²) in [7, 11) is -3.82. The first-order valence-corrected chi connectivity index (χ1v) is 12.4. The Balaban J connectivity index is 1.32. The largest absolute Gasteiger partial charge is 0.490 e. The van der Waals surface area contributed by atoms with E-state index >= 15 is 0 Å². The van der Waals surface area contributed by atoms with E-state index in [9.17, 15) is 18.0 Å². The molecule has 2 aromatic rings. The third-order valence-electron chi connectivity index (χ3n) is 5.36. The molecule has 3 N–H and O–H groups in total. The van der Waals surface area contributed by atoms with Crippen LogP contribution in [0.2, 0.25) is 0 Å². The van der Waals surface area contributed by atoms with Gasteiger partial charge in [-0.2, -0.15) is 0 Å². The topological polar surface area (TPSA) is 123 Å². The second-order valence-corrected chi connectivity index (χ2v) is 9.90. The van der Waals surface area contributed by atoms with Crippen LogP contribution in [0.25, 0.3) is 0 Å². The van der Waals surface area contributed by atoms with Crippen molar-refractivity contribution in [1.82, 2.24) is 10.0 Å². The third-order valence-corrected chi connectivity index (χ3v) is 6.82. The van der Waals surface area contributed by atoms with Crippen molar-refractivity contribution >= 4 is 27.5 Å². The first-order chi connectivity index (χ1) is 15.8. The lowest BCUT2D eigenvalue weighted by Gasteiger charge is -2.12. The highest BCUT2D eigenvalue weighted by molar-refractivity contribution is 7.89. The Morgan fingerprint density at radius 1 is 1.03 bits per heavy atom. The summed E-state index contributed by atoms with van der Waals surface area (Å²) in [5.41, 5.74) is 1.80. The Bertz CT molecular complexity index is 1160. The van der Waals surface area contributed by atoms with Gasteiger partial charge in [-0.05, 0) is 49.6 Å². The second-order valence-electron chi connectivity index (χ2n) is 8.13. The van der Waals surface area contributed by atoms with Crippen LogP contribution in [0.4, 0.5) is 5.69 Å². The molecule has 176 valence electrons. The lowest BCUT2D eigenvalue weighted by atomic mass is 10.1. The number of benzene rings is 2. The molecule has 0 spiro atoms. The van der Waals surface area contributed by atoms with Crippen LogP contribution >= 0.6 is 0 Å². The Labute approximate surface area is 192 Å². The molecular weight excluding hydrogens is 446 g/mol. The summed E-state index contributed by atoms with van der Waals surface area (Å²) in [6.45, 7) is 2.71. The quantitative estimate of drug-likeness (QED) is 0.541. The molecule has 33 heavy (non-hydrogen) atoms. The summed E-state index contributed by atoms with van der Waals surface area (Å²) < 4.78 is 38.8. The smallest absolute Gasteiger partial charge is 0.251 e. The van der Waals surface area contributed by atoms with E-state index in [1.165, 1.54) is 12.1 Å². The Morgan fingerprint density at radius 3 is 2.55 bits per heavy atom. The number of hydrogen-bond acceptors (Lipinski definition) is 6. The van der Waals surface area contributed by atoms with Crippen molar-refractivity contribution in [3.63, 3.8) is 0 Å². The number of nitrogens with one attached hydrogen (secondary N) is 3. The normalized spacial score (nSPS) is 15.4. The Morgan fingerprint density at radius 2 is 1.79 bits per heavy atom. The summed E-state index contributed by atoms with van der Waals surface area (Å²) >= 11 is 0. The number of amides is 2. The van der Waals surface area contributed by atoms with Gasteiger partial charge in [0, 0.05) is 42.7 Å². The van der Waals surface area contributed by atoms with E-state index in [0.29, 0.717) is 36.0 Å². The van der Waals surface area contributed by atoms with Crippen LogP contribution in [0.1, 0.15) is 41.6 Å². The summed E-state index contributed by atoms with van der Waals surface area (Å²) in [5, 5.41) is 5.67. The van der Waals surface area contributed by atoms with E-state index in [1.54, 1.807) is 24.3 Å². The monoisotopic (exact) mass is 473 g/mol. The minimum Gasteiger partial charge on any atom is -0.490 e. The molecule has 4 rings (SSSR count). The van der Waals surface area contributed by atoms with Gasteiger partial charge >= 0.3 is 0 Å². The van der Waals surface area contributed by atoms with Crippen molar-refractivity contribution in [3.8, 4) is 11.5 Å². The maximum Gasteiger partial charge on any atom is 0.251 e. The molecule has 10 heteroatoms. The number of carbonyl (C=O) groups excluding carboxylic acids is 2. The fraction of sp³-hybridized carbons (Fsp3) is 0.391. The maximum absolute atomic E-state index is 12.6. The molecular formula is C23H27N3O6S. The number of sulfonamides is 1. The van der Waals surface area contributed by atoms with Gasteiger partial charge in [0.1, 0.15) is 0 Å². The number of rotatable bonds is 8. The molecule has 0 atom stereocenters. The minimum atomic E-state index is -3.82. The number of hydrogen-bond donors (Lipinski definition) is 3. The van der Waals surface area contributed by atoms with Crippen LogP contribution in [0, 0.1) is 6.92 Å². The maximum atomic E-state index is 12.6. The molecule has 0 unspecified atom stereocenters. The van der Waals surface area contributed by atoms with Gasteiger partial charge in [0.2, 0.25) is 15.9 Å². The lowest BCUT2D eigenvalue weighted by Crippen LogP contribution is -2.28. The van der Waals surface area contributed by atoms with Gasteiger partial charge in [0.05, 0.1) is 18.1 Å². The molecule has 9 nitrogen and oxygen atoms in total. The molecule has 0 saturated heterocycles. The third kappa shape index (κ3) is 6.02. The van der Waals surface area contributed by atoms with E-state index in [-0.39, 0.29) is 35.7 Å². The van der Waals surface area contributed by atoms with Crippen molar-refractivity contribution in [1.29, 1.82) is 0 Å². The van der Waals surface area contributed by atoms with Crippen LogP contribution in [0.3, 0.4) is 0 Å². The van der Waals surface area contributed by atoms with Crippen molar-refractivity contribution < 1.29 is 27.5 Å². The first-order valence-electron chi connectivity index (χ1n) is 10.9.